The molecular weight excluding hydrogens is 241 g/mol. The van der Waals surface area contributed by atoms with Crippen LogP contribution in [-0.2, 0) is 9.31 Å². The molecule has 1 fully saturated rings. The molecule has 1 aromatic heterocycles. The van der Waals surface area contributed by atoms with E-state index in [1.165, 1.54) is 0 Å². The number of rotatable bonds is 3. The van der Waals surface area contributed by atoms with Gasteiger partial charge >= 0.3 is 7.12 Å². The molecule has 0 bridgehead atoms. The summed E-state index contributed by atoms with van der Waals surface area (Å²) in [7, 11) is -1.15. The van der Waals surface area contributed by atoms with Crippen molar-refractivity contribution in [2.45, 2.75) is 45.7 Å². The van der Waals surface area contributed by atoms with Crippen LogP contribution in [0.3, 0.4) is 0 Å². The van der Waals surface area contributed by atoms with Gasteiger partial charge in [0.25, 0.3) is 0 Å². The van der Waals surface area contributed by atoms with Crippen molar-refractivity contribution in [1.82, 2.24) is 9.97 Å². The van der Waals surface area contributed by atoms with E-state index in [9.17, 15) is 0 Å². The summed E-state index contributed by atoms with van der Waals surface area (Å²) in [6.45, 7) is -3.02. The molecule has 2 heterocycles. The summed E-state index contributed by atoms with van der Waals surface area (Å²) in [4.78, 5) is 7.42. The summed E-state index contributed by atoms with van der Waals surface area (Å²) in [5, 5.41) is 0. The molecule has 19 heavy (non-hydrogen) atoms. The van der Waals surface area contributed by atoms with E-state index in [1.54, 1.807) is 27.7 Å². The number of aromatic nitrogens is 2. The minimum atomic E-state index is -3.40. The van der Waals surface area contributed by atoms with E-state index in [2.05, 4.69) is 9.97 Å². The second kappa shape index (κ2) is 4.76. The van der Waals surface area contributed by atoms with Gasteiger partial charge < -0.3 is 14.2 Å². The van der Waals surface area contributed by atoms with Gasteiger partial charge in [-0.15, -0.1) is 0 Å². The van der Waals surface area contributed by atoms with Crippen molar-refractivity contribution in [2.24, 2.45) is 0 Å². The van der Waals surface area contributed by atoms with Crippen molar-refractivity contribution in [3.63, 3.8) is 0 Å². The summed E-state index contributed by atoms with van der Waals surface area (Å²) in [5.74, 6) is -0.892. The molecule has 0 unspecified atom stereocenters. The Kier molecular flexibility index (Phi) is 1.53. The highest BCUT2D eigenvalue weighted by molar-refractivity contribution is 6.61. The molecule has 0 radical (unpaired) electrons. The SMILES string of the molecule is [2H]c1nc(N(C([2H])([2H])[2H])C([2H])([2H])C([2H])([2H])[2H])c([2H])nc1B1OC(C)(C)C(C)(C)O1. The minimum Gasteiger partial charge on any atom is -0.398 e. The molecule has 1 aliphatic rings. The van der Waals surface area contributed by atoms with Gasteiger partial charge in [-0.25, -0.2) is 4.98 Å². The lowest BCUT2D eigenvalue weighted by Crippen LogP contribution is -2.41. The summed E-state index contributed by atoms with van der Waals surface area (Å²) >= 11 is 0. The maximum atomic E-state index is 8.10. The molecule has 104 valence electrons. The molecule has 6 heteroatoms. The molecule has 0 N–H and O–H groups in total. The lowest BCUT2D eigenvalue weighted by Gasteiger charge is -2.32. The Morgan fingerprint density at radius 3 is 2.58 bits per heavy atom. The molecule has 1 aromatic rings. The number of nitrogens with zero attached hydrogens (tertiary/aromatic N) is 3. The van der Waals surface area contributed by atoms with E-state index in [-0.39, 0.29) is 10.5 Å². The molecule has 2 rings (SSSR count). The first kappa shape index (κ1) is 6.10. The van der Waals surface area contributed by atoms with E-state index in [0.717, 1.165) is 0 Å². The fourth-order valence-electron chi connectivity index (χ4n) is 1.48. The third-order valence-corrected chi connectivity index (χ3v) is 3.35. The Hall–Kier alpha value is -1.14. The van der Waals surface area contributed by atoms with Gasteiger partial charge in [-0.3, -0.25) is 4.98 Å². The lowest BCUT2D eigenvalue weighted by molar-refractivity contribution is 0.00578. The van der Waals surface area contributed by atoms with E-state index < -0.39 is 56.8 Å². The van der Waals surface area contributed by atoms with Gasteiger partial charge in [-0.1, -0.05) is 0 Å². The highest BCUT2D eigenvalue weighted by Gasteiger charge is 2.52. The monoisotopic (exact) mass is 273 g/mol. The molecule has 1 aliphatic heterocycles. The quantitative estimate of drug-likeness (QED) is 0.775. The molecule has 5 nitrogen and oxygen atoms in total. The Morgan fingerprint density at radius 2 is 2.00 bits per heavy atom. The van der Waals surface area contributed by atoms with E-state index in [4.69, 9.17) is 23.0 Å². The highest BCUT2D eigenvalue weighted by Crippen LogP contribution is 2.36. The third kappa shape index (κ3) is 2.60. The summed E-state index contributed by atoms with van der Waals surface area (Å²) in [6, 6.07) is 0. The minimum absolute atomic E-state index is 0.117. The topological polar surface area (TPSA) is 47.5 Å². The Morgan fingerprint density at radius 1 is 1.32 bits per heavy atom. The van der Waals surface area contributed by atoms with E-state index in [0.29, 0.717) is 0 Å². The third-order valence-electron chi connectivity index (χ3n) is 3.35. The first-order chi connectivity index (χ1) is 12.7. The van der Waals surface area contributed by atoms with Crippen molar-refractivity contribution in [2.75, 3.05) is 18.4 Å². The van der Waals surface area contributed by atoms with Crippen LogP contribution in [0, 0.1) is 0 Å². The van der Waals surface area contributed by atoms with Gasteiger partial charge in [0.15, 0.2) is 0 Å². The van der Waals surface area contributed by atoms with Gasteiger partial charge in [-0.2, -0.15) is 0 Å². The fourth-order valence-corrected chi connectivity index (χ4v) is 1.48. The second-order valence-electron chi connectivity index (χ2n) is 5.19. The molecule has 0 aromatic carbocycles. The standard InChI is InChI=1S/C13H22BN3O2/c1-7-17(6)11-9-15-10(8-16-11)14-18-12(2,3)13(4,5)19-14/h8-9H,7H2,1-6H3/i1D3,6D3,7D2,8D,9D. The largest absolute Gasteiger partial charge is 0.516 e. The van der Waals surface area contributed by atoms with Crippen molar-refractivity contribution < 1.29 is 23.0 Å². The number of hydrogen-bond acceptors (Lipinski definition) is 5. The van der Waals surface area contributed by atoms with Crippen molar-refractivity contribution >= 4 is 18.5 Å². The van der Waals surface area contributed by atoms with Crippen molar-refractivity contribution in [1.29, 1.82) is 0 Å². The zero-order chi connectivity index (χ0) is 22.8. The van der Waals surface area contributed by atoms with Crippen LogP contribution in [0.1, 0.15) is 48.3 Å². The lowest BCUT2D eigenvalue weighted by atomic mass is 9.85. The smallest absolute Gasteiger partial charge is 0.398 e. The van der Waals surface area contributed by atoms with Gasteiger partial charge in [-0.05, 0) is 34.5 Å². The Balaban J connectivity index is 2.58. The first-order valence-corrected chi connectivity index (χ1v) is 5.73. The Labute approximate surface area is 129 Å². The van der Waals surface area contributed by atoms with Gasteiger partial charge in [0, 0.05) is 30.6 Å². The van der Waals surface area contributed by atoms with E-state index in [1.807, 2.05) is 0 Å². The molecule has 0 atom stereocenters. The fraction of sp³-hybridized carbons (Fsp3) is 0.692. The zero-order valence-corrected chi connectivity index (χ0v) is 11.2. The van der Waals surface area contributed by atoms with Gasteiger partial charge in [0.05, 0.1) is 25.7 Å². The highest BCUT2D eigenvalue weighted by atomic mass is 16.7. The van der Waals surface area contributed by atoms with Crippen molar-refractivity contribution in [3.8, 4) is 0 Å². The Bertz CT molecular complexity index is 780. The van der Waals surface area contributed by atoms with Gasteiger partial charge in [0.2, 0.25) is 0 Å². The maximum Gasteiger partial charge on any atom is 0.516 e. The first-order valence-electron chi connectivity index (χ1n) is 10.7. The average molecular weight is 273 g/mol. The summed E-state index contributed by atoms with van der Waals surface area (Å²) in [6.07, 6.45) is -1.44. The molecule has 0 spiro atoms. The van der Waals surface area contributed by atoms with Crippen LogP contribution in [0.5, 0.6) is 0 Å². The molecule has 0 amide bonds. The van der Waals surface area contributed by atoms with Crippen LogP contribution < -0.4 is 10.5 Å². The van der Waals surface area contributed by atoms with Crippen molar-refractivity contribution in [3.05, 3.63) is 12.3 Å². The summed E-state index contributed by atoms with van der Waals surface area (Å²) < 4.78 is 88.1. The van der Waals surface area contributed by atoms with Crippen LogP contribution in [-0.4, -0.2) is 41.8 Å². The van der Waals surface area contributed by atoms with Crippen LogP contribution in [0.2, 0.25) is 0 Å². The molecular formula is C13H22BN3O2. The number of anilines is 1. The van der Waals surface area contributed by atoms with E-state index >= 15 is 0 Å². The average Bonchev–Trinajstić information content (AvgIpc) is 2.67. The second-order valence-corrected chi connectivity index (χ2v) is 5.19. The maximum absolute atomic E-state index is 8.10. The van der Waals surface area contributed by atoms with Crippen LogP contribution in [0.15, 0.2) is 12.3 Å². The van der Waals surface area contributed by atoms with Gasteiger partial charge in [0.1, 0.15) is 5.82 Å². The van der Waals surface area contributed by atoms with Crippen LogP contribution in [0.25, 0.3) is 0 Å². The predicted octanol–water partition coefficient (Wildman–Crippen LogP) is 1.23. The summed E-state index contributed by atoms with van der Waals surface area (Å²) in [5.41, 5.74) is -1.73. The normalized spacial score (nSPS) is 30.4. The molecule has 0 aliphatic carbocycles. The predicted molar refractivity (Wildman–Crippen MR) is 76.7 cm³/mol. The molecule has 1 saturated heterocycles. The number of hydrogen-bond donors (Lipinski definition) is 0. The van der Waals surface area contributed by atoms with Crippen LogP contribution in [0.4, 0.5) is 5.82 Å². The zero-order valence-electron chi connectivity index (χ0n) is 21.2. The molecule has 0 saturated carbocycles. The van der Waals surface area contributed by atoms with Crippen LogP contribution >= 0.6 is 0 Å².